The molecule has 6 nitrogen and oxygen atoms in total. The Hall–Kier alpha value is -2.86. The number of hydrogen-bond acceptors (Lipinski definition) is 5. The Bertz CT molecular complexity index is 895. The molecule has 6 heteroatoms. The van der Waals surface area contributed by atoms with Gasteiger partial charge >= 0.3 is 0 Å². The number of quaternary nitrogens is 1. The minimum absolute atomic E-state index is 0.345. The molecule has 3 aromatic rings. The third-order valence-electron chi connectivity index (χ3n) is 5.18. The molecule has 1 fully saturated rings. The van der Waals surface area contributed by atoms with Crippen LogP contribution in [0.3, 0.4) is 0 Å². The molecule has 1 N–H and O–H groups in total. The molecule has 0 radical (unpaired) electrons. The van der Waals surface area contributed by atoms with E-state index in [1.165, 1.54) is 10.5 Å². The number of benzene rings is 2. The Morgan fingerprint density at radius 2 is 1.96 bits per heavy atom. The molecule has 27 heavy (non-hydrogen) atoms. The van der Waals surface area contributed by atoms with E-state index in [0.29, 0.717) is 24.3 Å². The van der Waals surface area contributed by atoms with Crippen molar-refractivity contribution in [2.24, 2.45) is 0 Å². The smallest absolute Gasteiger partial charge is 0.282 e. The van der Waals surface area contributed by atoms with Crippen molar-refractivity contribution >= 4 is 0 Å². The number of nitrogens with one attached hydrogen (secondary N) is 1. The highest BCUT2D eigenvalue weighted by molar-refractivity contribution is 5.53. The van der Waals surface area contributed by atoms with Crippen LogP contribution in [0.15, 0.2) is 53.1 Å². The van der Waals surface area contributed by atoms with E-state index in [1.807, 2.05) is 42.5 Å². The van der Waals surface area contributed by atoms with E-state index in [2.05, 4.69) is 16.2 Å². The topological polar surface area (TPSA) is 61.8 Å². The molecule has 1 aliphatic heterocycles. The monoisotopic (exact) mass is 366 g/mol. The van der Waals surface area contributed by atoms with Crippen molar-refractivity contribution in [3.05, 3.63) is 60.0 Å². The van der Waals surface area contributed by atoms with Gasteiger partial charge in [0.05, 0.1) is 26.3 Å². The largest absolute Gasteiger partial charge is 0.497 e. The molecule has 1 unspecified atom stereocenters. The molecule has 2 heterocycles. The summed E-state index contributed by atoms with van der Waals surface area (Å²) in [5.41, 5.74) is 2.17. The summed E-state index contributed by atoms with van der Waals surface area (Å²) in [6.45, 7) is 1.78. The van der Waals surface area contributed by atoms with E-state index >= 15 is 0 Å². The molecular formula is C21H24N3O3+. The molecule has 0 spiro atoms. The van der Waals surface area contributed by atoms with Gasteiger partial charge in [-0.25, -0.2) is 0 Å². The zero-order valence-corrected chi connectivity index (χ0v) is 15.6. The van der Waals surface area contributed by atoms with Crippen LogP contribution in [0.2, 0.25) is 0 Å². The fraction of sp³-hybridized carbons (Fsp3) is 0.333. The molecule has 1 saturated heterocycles. The summed E-state index contributed by atoms with van der Waals surface area (Å²) in [5, 5.41) is 4.14. The number of ether oxygens (including phenoxy) is 2. The van der Waals surface area contributed by atoms with Gasteiger partial charge in [-0.2, -0.15) is 4.98 Å². The molecule has 4 rings (SSSR count). The highest BCUT2D eigenvalue weighted by Crippen LogP contribution is 2.31. The first-order valence-electron chi connectivity index (χ1n) is 9.23. The zero-order valence-electron chi connectivity index (χ0n) is 15.6. The summed E-state index contributed by atoms with van der Waals surface area (Å²) < 4.78 is 16.5. The molecule has 0 aliphatic carbocycles. The SMILES string of the molecule is COc1ccc([C@@H]2CCC[NH+]2Cc2nc(-c3ccccc3)no2)c(OC)c1. The lowest BCUT2D eigenvalue weighted by Gasteiger charge is -2.22. The van der Waals surface area contributed by atoms with E-state index in [-0.39, 0.29) is 0 Å². The Labute approximate surface area is 158 Å². The van der Waals surface area contributed by atoms with Crippen LogP contribution in [-0.2, 0) is 6.54 Å². The molecule has 0 saturated carbocycles. The summed E-state index contributed by atoms with van der Waals surface area (Å²) in [6.07, 6.45) is 2.27. The highest BCUT2D eigenvalue weighted by atomic mass is 16.5. The molecule has 1 aromatic heterocycles. The number of hydrogen-bond donors (Lipinski definition) is 1. The van der Waals surface area contributed by atoms with Gasteiger partial charge in [-0.15, -0.1) is 0 Å². The maximum absolute atomic E-state index is 5.62. The number of rotatable bonds is 6. The number of likely N-dealkylation sites (tertiary alicyclic amines) is 1. The minimum Gasteiger partial charge on any atom is -0.497 e. The van der Waals surface area contributed by atoms with Gasteiger partial charge < -0.3 is 18.9 Å². The third kappa shape index (κ3) is 3.66. The van der Waals surface area contributed by atoms with E-state index in [1.54, 1.807) is 14.2 Å². The van der Waals surface area contributed by atoms with Crippen LogP contribution < -0.4 is 14.4 Å². The van der Waals surface area contributed by atoms with Crippen molar-refractivity contribution in [1.82, 2.24) is 10.1 Å². The highest BCUT2D eigenvalue weighted by Gasteiger charge is 2.33. The van der Waals surface area contributed by atoms with Crippen molar-refractivity contribution in [2.75, 3.05) is 20.8 Å². The lowest BCUT2D eigenvalue weighted by Crippen LogP contribution is -3.09. The number of nitrogens with zero attached hydrogens (tertiary/aromatic N) is 2. The summed E-state index contributed by atoms with van der Waals surface area (Å²) >= 11 is 0. The fourth-order valence-corrected chi connectivity index (χ4v) is 3.83. The van der Waals surface area contributed by atoms with Gasteiger partial charge in [0.25, 0.3) is 5.89 Å². The van der Waals surface area contributed by atoms with Crippen molar-refractivity contribution < 1.29 is 18.9 Å². The van der Waals surface area contributed by atoms with Gasteiger partial charge in [-0.1, -0.05) is 35.5 Å². The molecule has 2 atom stereocenters. The summed E-state index contributed by atoms with van der Waals surface area (Å²) in [7, 11) is 3.37. The van der Waals surface area contributed by atoms with Crippen LogP contribution in [0.5, 0.6) is 11.5 Å². The predicted molar refractivity (Wildman–Crippen MR) is 101 cm³/mol. The van der Waals surface area contributed by atoms with Gasteiger partial charge in [0.2, 0.25) is 5.82 Å². The standard InChI is InChI=1S/C21H23N3O3/c1-25-16-10-11-17(19(13-16)26-2)18-9-6-12-24(18)14-20-22-21(23-27-20)15-7-4-3-5-8-15/h3-5,7-8,10-11,13,18H,6,9,12,14H2,1-2H3/p+1/t18-/m0/s1. The Morgan fingerprint density at radius 1 is 1.11 bits per heavy atom. The summed E-state index contributed by atoms with van der Waals surface area (Å²) in [4.78, 5) is 6.01. The molecule has 2 aromatic carbocycles. The molecule has 0 amide bonds. The molecular weight excluding hydrogens is 342 g/mol. The first kappa shape index (κ1) is 17.5. The molecule has 140 valence electrons. The Balaban J connectivity index is 1.54. The lowest BCUT2D eigenvalue weighted by molar-refractivity contribution is -0.933. The minimum atomic E-state index is 0.345. The van der Waals surface area contributed by atoms with E-state index in [9.17, 15) is 0 Å². The van der Waals surface area contributed by atoms with Crippen LogP contribution in [0.4, 0.5) is 0 Å². The lowest BCUT2D eigenvalue weighted by atomic mass is 10.0. The molecule has 1 aliphatic rings. The predicted octanol–water partition coefficient (Wildman–Crippen LogP) is 2.67. The van der Waals surface area contributed by atoms with Crippen molar-refractivity contribution in [2.45, 2.75) is 25.4 Å². The van der Waals surface area contributed by atoms with Crippen LogP contribution in [-0.4, -0.2) is 30.9 Å². The Morgan fingerprint density at radius 3 is 2.74 bits per heavy atom. The average Bonchev–Trinajstić information content (AvgIpc) is 3.38. The van der Waals surface area contributed by atoms with Gasteiger partial charge in [0.15, 0.2) is 6.54 Å². The second kappa shape index (κ2) is 7.80. The second-order valence-corrected chi connectivity index (χ2v) is 6.77. The normalized spacial score (nSPS) is 19.2. The molecule has 0 bridgehead atoms. The van der Waals surface area contributed by atoms with E-state index in [0.717, 1.165) is 36.4 Å². The van der Waals surface area contributed by atoms with Crippen LogP contribution in [0.25, 0.3) is 11.4 Å². The van der Waals surface area contributed by atoms with Gasteiger partial charge in [0.1, 0.15) is 17.5 Å². The summed E-state index contributed by atoms with van der Waals surface area (Å²) in [6, 6.07) is 16.3. The first-order chi connectivity index (χ1) is 13.3. The third-order valence-corrected chi connectivity index (χ3v) is 5.18. The van der Waals surface area contributed by atoms with Crippen LogP contribution in [0.1, 0.15) is 30.3 Å². The van der Waals surface area contributed by atoms with Gasteiger partial charge in [0, 0.05) is 24.5 Å². The summed E-state index contributed by atoms with van der Waals surface area (Å²) in [5.74, 6) is 2.99. The fourth-order valence-electron chi connectivity index (χ4n) is 3.83. The van der Waals surface area contributed by atoms with Crippen molar-refractivity contribution in [1.29, 1.82) is 0 Å². The Kier molecular flexibility index (Phi) is 5.07. The van der Waals surface area contributed by atoms with Crippen LogP contribution >= 0.6 is 0 Å². The maximum Gasteiger partial charge on any atom is 0.282 e. The second-order valence-electron chi connectivity index (χ2n) is 6.77. The van der Waals surface area contributed by atoms with Crippen molar-refractivity contribution in [3.8, 4) is 22.9 Å². The zero-order chi connectivity index (χ0) is 18.6. The maximum atomic E-state index is 5.62. The number of methoxy groups -OCH3 is 2. The van der Waals surface area contributed by atoms with Gasteiger partial charge in [-0.3, -0.25) is 0 Å². The quantitative estimate of drug-likeness (QED) is 0.727. The first-order valence-corrected chi connectivity index (χ1v) is 9.23. The number of aromatic nitrogens is 2. The van der Waals surface area contributed by atoms with Crippen LogP contribution in [0, 0.1) is 0 Å². The van der Waals surface area contributed by atoms with E-state index in [4.69, 9.17) is 14.0 Å². The average molecular weight is 366 g/mol. The van der Waals surface area contributed by atoms with Gasteiger partial charge in [-0.05, 0) is 12.1 Å². The van der Waals surface area contributed by atoms with Crippen molar-refractivity contribution in [3.63, 3.8) is 0 Å². The van der Waals surface area contributed by atoms with E-state index < -0.39 is 0 Å².